The van der Waals surface area contributed by atoms with Gasteiger partial charge in [-0.3, -0.25) is 0 Å². The molecular weight excluding hydrogens is 166 g/mol. The predicted molar refractivity (Wildman–Crippen MR) is 53.9 cm³/mol. The number of nitrogens with two attached hydrogens (primary N) is 3. The summed E-state index contributed by atoms with van der Waals surface area (Å²) in [6.07, 6.45) is -0.635. The van der Waals surface area contributed by atoms with Crippen molar-refractivity contribution in [3.63, 3.8) is 0 Å². The SMILES string of the molecule is C[C@H](O)[C@@H](N)c1cccc(N)c1N. The molecule has 4 nitrogen and oxygen atoms in total. The zero-order valence-electron chi connectivity index (χ0n) is 7.57. The van der Waals surface area contributed by atoms with E-state index in [1.54, 1.807) is 25.1 Å². The number of aliphatic hydroxyl groups excluding tert-OH is 1. The molecule has 0 aliphatic heterocycles. The molecule has 0 saturated carbocycles. The Morgan fingerprint density at radius 2 is 1.92 bits per heavy atom. The van der Waals surface area contributed by atoms with Gasteiger partial charge in [-0.15, -0.1) is 0 Å². The van der Waals surface area contributed by atoms with Crippen LogP contribution >= 0.6 is 0 Å². The maximum absolute atomic E-state index is 9.27. The highest BCUT2D eigenvalue weighted by Gasteiger charge is 2.15. The fraction of sp³-hybridized carbons (Fsp3) is 0.333. The molecule has 13 heavy (non-hydrogen) atoms. The third kappa shape index (κ3) is 1.91. The lowest BCUT2D eigenvalue weighted by atomic mass is 10.0. The Balaban J connectivity index is 3.07. The van der Waals surface area contributed by atoms with E-state index in [0.29, 0.717) is 16.9 Å². The van der Waals surface area contributed by atoms with E-state index in [0.717, 1.165) is 0 Å². The Kier molecular flexibility index (Phi) is 2.75. The first-order chi connectivity index (χ1) is 6.04. The van der Waals surface area contributed by atoms with Crippen LogP contribution in [0.25, 0.3) is 0 Å². The first-order valence-corrected chi connectivity index (χ1v) is 4.11. The molecule has 1 rings (SSSR count). The van der Waals surface area contributed by atoms with Crippen molar-refractivity contribution in [1.82, 2.24) is 0 Å². The van der Waals surface area contributed by atoms with Crippen molar-refractivity contribution in [2.75, 3.05) is 11.5 Å². The summed E-state index contributed by atoms with van der Waals surface area (Å²) in [6.45, 7) is 1.62. The van der Waals surface area contributed by atoms with Gasteiger partial charge in [-0.25, -0.2) is 0 Å². The maximum atomic E-state index is 9.27. The third-order valence-electron chi connectivity index (χ3n) is 2.05. The molecule has 0 amide bonds. The second-order valence-electron chi connectivity index (χ2n) is 3.12. The minimum absolute atomic E-state index is 0.455. The minimum atomic E-state index is -0.635. The zero-order valence-corrected chi connectivity index (χ0v) is 7.57. The van der Waals surface area contributed by atoms with Gasteiger partial charge in [-0.2, -0.15) is 0 Å². The quantitative estimate of drug-likeness (QED) is 0.491. The second kappa shape index (κ2) is 3.64. The van der Waals surface area contributed by atoms with Crippen molar-refractivity contribution >= 4 is 11.4 Å². The van der Waals surface area contributed by atoms with E-state index in [2.05, 4.69) is 0 Å². The average Bonchev–Trinajstić information content (AvgIpc) is 2.08. The Morgan fingerprint density at radius 1 is 1.31 bits per heavy atom. The zero-order chi connectivity index (χ0) is 10.0. The number of para-hydroxylation sites is 1. The molecule has 0 heterocycles. The standard InChI is InChI=1S/C9H15N3O/c1-5(13)8(11)6-3-2-4-7(10)9(6)12/h2-5,8,13H,10-12H2,1H3/t5-,8+/m0/s1. The van der Waals surface area contributed by atoms with Crippen LogP contribution in [0.2, 0.25) is 0 Å². The fourth-order valence-electron chi connectivity index (χ4n) is 1.15. The maximum Gasteiger partial charge on any atom is 0.0705 e. The summed E-state index contributed by atoms with van der Waals surface area (Å²) in [5.74, 6) is 0. The van der Waals surface area contributed by atoms with Crippen molar-refractivity contribution in [1.29, 1.82) is 0 Å². The largest absolute Gasteiger partial charge is 0.397 e. The lowest BCUT2D eigenvalue weighted by Crippen LogP contribution is -2.24. The predicted octanol–water partition coefficient (Wildman–Crippen LogP) is 0.232. The molecule has 0 bridgehead atoms. The summed E-state index contributed by atoms with van der Waals surface area (Å²) >= 11 is 0. The van der Waals surface area contributed by atoms with E-state index >= 15 is 0 Å². The monoisotopic (exact) mass is 181 g/mol. The molecule has 2 atom stereocenters. The van der Waals surface area contributed by atoms with Gasteiger partial charge in [-0.05, 0) is 18.6 Å². The van der Waals surface area contributed by atoms with Gasteiger partial charge in [0.25, 0.3) is 0 Å². The molecule has 4 heteroatoms. The topological polar surface area (TPSA) is 98.3 Å². The number of hydrogen-bond acceptors (Lipinski definition) is 4. The number of rotatable bonds is 2. The summed E-state index contributed by atoms with van der Waals surface area (Å²) in [6, 6.07) is 4.75. The summed E-state index contributed by atoms with van der Waals surface area (Å²) in [5.41, 5.74) is 18.7. The van der Waals surface area contributed by atoms with E-state index in [-0.39, 0.29) is 0 Å². The molecule has 1 aromatic carbocycles. The second-order valence-corrected chi connectivity index (χ2v) is 3.12. The van der Waals surface area contributed by atoms with Gasteiger partial charge >= 0.3 is 0 Å². The summed E-state index contributed by atoms with van der Waals surface area (Å²) in [5, 5.41) is 9.27. The lowest BCUT2D eigenvalue weighted by Gasteiger charge is -2.17. The van der Waals surface area contributed by atoms with Crippen LogP contribution in [0.4, 0.5) is 11.4 Å². The number of aliphatic hydroxyl groups is 1. The van der Waals surface area contributed by atoms with Crippen molar-refractivity contribution in [3.05, 3.63) is 23.8 Å². The third-order valence-corrected chi connectivity index (χ3v) is 2.05. The first kappa shape index (κ1) is 9.83. The van der Waals surface area contributed by atoms with E-state index in [1.807, 2.05) is 0 Å². The molecule has 0 aromatic heterocycles. The molecular formula is C9H15N3O. The lowest BCUT2D eigenvalue weighted by molar-refractivity contribution is 0.164. The molecule has 1 aromatic rings. The fourth-order valence-corrected chi connectivity index (χ4v) is 1.15. The van der Waals surface area contributed by atoms with Gasteiger partial charge in [-0.1, -0.05) is 12.1 Å². The van der Waals surface area contributed by atoms with Crippen LogP contribution in [0.3, 0.4) is 0 Å². The van der Waals surface area contributed by atoms with Gasteiger partial charge in [0.2, 0.25) is 0 Å². The molecule has 0 aliphatic carbocycles. The van der Waals surface area contributed by atoms with Crippen LogP contribution in [0.15, 0.2) is 18.2 Å². The highest BCUT2D eigenvalue weighted by Crippen LogP contribution is 2.25. The molecule has 0 radical (unpaired) electrons. The molecule has 0 aliphatic rings. The summed E-state index contributed by atoms with van der Waals surface area (Å²) in [7, 11) is 0. The summed E-state index contributed by atoms with van der Waals surface area (Å²) < 4.78 is 0. The van der Waals surface area contributed by atoms with Crippen LogP contribution in [-0.2, 0) is 0 Å². The molecule has 72 valence electrons. The van der Waals surface area contributed by atoms with Crippen molar-refractivity contribution in [2.45, 2.75) is 19.1 Å². The van der Waals surface area contributed by atoms with Crippen molar-refractivity contribution < 1.29 is 5.11 Å². The smallest absolute Gasteiger partial charge is 0.0705 e. The van der Waals surface area contributed by atoms with E-state index < -0.39 is 12.1 Å². The molecule has 0 saturated heterocycles. The Hall–Kier alpha value is -1.26. The highest BCUT2D eigenvalue weighted by molar-refractivity contribution is 5.67. The first-order valence-electron chi connectivity index (χ1n) is 4.11. The number of benzene rings is 1. The van der Waals surface area contributed by atoms with Gasteiger partial charge in [0.1, 0.15) is 0 Å². The minimum Gasteiger partial charge on any atom is -0.397 e. The van der Waals surface area contributed by atoms with Crippen LogP contribution in [0.1, 0.15) is 18.5 Å². The van der Waals surface area contributed by atoms with E-state index in [1.165, 1.54) is 0 Å². The van der Waals surface area contributed by atoms with E-state index in [9.17, 15) is 5.11 Å². The number of anilines is 2. The Bertz CT molecular complexity index is 299. The molecule has 7 N–H and O–H groups in total. The van der Waals surface area contributed by atoms with Crippen molar-refractivity contribution in [2.24, 2.45) is 5.73 Å². The number of hydrogen-bond donors (Lipinski definition) is 4. The average molecular weight is 181 g/mol. The highest BCUT2D eigenvalue weighted by atomic mass is 16.3. The van der Waals surface area contributed by atoms with Crippen LogP contribution in [0.5, 0.6) is 0 Å². The van der Waals surface area contributed by atoms with Gasteiger partial charge in [0.15, 0.2) is 0 Å². The summed E-state index contributed by atoms with van der Waals surface area (Å²) in [4.78, 5) is 0. The van der Waals surface area contributed by atoms with Crippen molar-refractivity contribution in [3.8, 4) is 0 Å². The Labute approximate surface area is 77.3 Å². The van der Waals surface area contributed by atoms with Gasteiger partial charge < -0.3 is 22.3 Å². The Morgan fingerprint density at radius 3 is 2.46 bits per heavy atom. The van der Waals surface area contributed by atoms with Gasteiger partial charge in [0, 0.05) is 0 Å². The van der Waals surface area contributed by atoms with Crippen LogP contribution < -0.4 is 17.2 Å². The van der Waals surface area contributed by atoms with Crippen LogP contribution in [-0.4, -0.2) is 11.2 Å². The molecule has 0 spiro atoms. The molecule has 0 unspecified atom stereocenters. The normalized spacial score (nSPS) is 15.3. The molecule has 0 fully saturated rings. The van der Waals surface area contributed by atoms with E-state index in [4.69, 9.17) is 17.2 Å². The number of nitrogen functional groups attached to an aromatic ring is 2. The van der Waals surface area contributed by atoms with Crippen LogP contribution in [0, 0.1) is 0 Å². The van der Waals surface area contributed by atoms with Gasteiger partial charge in [0.05, 0.1) is 23.5 Å².